The second-order valence-electron chi connectivity index (χ2n) is 7.17. The molecule has 0 radical (unpaired) electrons. The predicted molar refractivity (Wildman–Crippen MR) is 100 cm³/mol. The Morgan fingerprint density at radius 1 is 1.17 bits per heavy atom. The molecule has 29 heavy (non-hydrogen) atoms. The highest BCUT2D eigenvalue weighted by molar-refractivity contribution is 6.05. The Balaban J connectivity index is 1.49. The van der Waals surface area contributed by atoms with Crippen LogP contribution in [0.3, 0.4) is 0 Å². The van der Waals surface area contributed by atoms with Crippen molar-refractivity contribution in [2.24, 2.45) is 7.05 Å². The van der Waals surface area contributed by atoms with Gasteiger partial charge in [0.05, 0.1) is 12.4 Å². The molecule has 3 aromatic rings. The van der Waals surface area contributed by atoms with Crippen molar-refractivity contribution in [3.05, 3.63) is 48.1 Å². The molecule has 0 spiro atoms. The van der Waals surface area contributed by atoms with Crippen LogP contribution in [0.15, 0.2) is 41.4 Å². The van der Waals surface area contributed by atoms with Crippen molar-refractivity contribution in [1.82, 2.24) is 25.0 Å². The van der Waals surface area contributed by atoms with E-state index in [9.17, 15) is 14.4 Å². The molecule has 0 unspecified atom stereocenters. The number of oxazole rings is 1. The number of rotatable bonds is 3. The van der Waals surface area contributed by atoms with E-state index < -0.39 is 11.9 Å². The molecular formula is C20H17N5O4. The maximum Gasteiger partial charge on any atom is 0.255 e. The summed E-state index contributed by atoms with van der Waals surface area (Å²) >= 11 is 0. The number of benzene rings is 1. The number of aromatic nitrogens is 3. The standard InChI is InChI=1S/C20H17N5O4/c1-24-18(16-8-21-10-29-16)14(7-22-24)11-2-3-13-12(6-11)9-25(20(13)28)15-4-5-17(26)23-19(15)27/h2-3,6-8,10,15H,4-5,9H2,1H3,(H,23,26,27)/t15-/m0/s1. The fraction of sp³-hybridized carbons (Fsp3) is 0.250. The topological polar surface area (TPSA) is 110 Å². The van der Waals surface area contributed by atoms with Crippen LogP contribution in [-0.4, -0.2) is 43.4 Å². The van der Waals surface area contributed by atoms with Crippen molar-refractivity contribution < 1.29 is 18.8 Å². The van der Waals surface area contributed by atoms with Crippen LogP contribution in [0.4, 0.5) is 0 Å². The van der Waals surface area contributed by atoms with Gasteiger partial charge >= 0.3 is 0 Å². The number of hydrogen-bond donors (Lipinski definition) is 1. The maximum absolute atomic E-state index is 12.8. The summed E-state index contributed by atoms with van der Waals surface area (Å²) in [6.07, 6.45) is 5.31. The lowest BCUT2D eigenvalue weighted by atomic mass is 10.00. The zero-order chi connectivity index (χ0) is 20.1. The van der Waals surface area contributed by atoms with E-state index in [1.54, 1.807) is 23.1 Å². The molecule has 5 rings (SSSR count). The normalized spacial score (nSPS) is 18.9. The Kier molecular flexibility index (Phi) is 3.83. The smallest absolute Gasteiger partial charge is 0.255 e. The van der Waals surface area contributed by atoms with Crippen molar-refractivity contribution in [2.45, 2.75) is 25.4 Å². The molecule has 2 aliphatic rings. The number of nitrogens with one attached hydrogen (secondary N) is 1. The lowest BCUT2D eigenvalue weighted by molar-refractivity contribution is -0.136. The van der Waals surface area contributed by atoms with E-state index in [1.165, 1.54) is 11.3 Å². The van der Waals surface area contributed by atoms with E-state index >= 15 is 0 Å². The van der Waals surface area contributed by atoms with Gasteiger partial charge in [-0.05, 0) is 29.7 Å². The lowest BCUT2D eigenvalue weighted by Gasteiger charge is -2.29. The molecule has 1 fully saturated rings. The molecule has 0 aliphatic carbocycles. The molecular weight excluding hydrogens is 374 g/mol. The number of nitrogens with zero attached hydrogens (tertiary/aromatic N) is 4. The van der Waals surface area contributed by atoms with Crippen LogP contribution in [0.5, 0.6) is 0 Å². The SMILES string of the molecule is Cn1ncc(-c2ccc3c(c2)CN([C@H]2CCC(=O)NC2=O)C3=O)c1-c1cnco1. The number of hydrogen-bond acceptors (Lipinski definition) is 6. The van der Waals surface area contributed by atoms with Gasteiger partial charge in [-0.25, -0.2) is 4.98 Å². The van der Waals surface area contributed by atoms with Gasteiger partial charge in [0.1, 0.15) is 11.7 Å². The lowest BCUT2D eigenvalue weighted by Crippen LogP contribution is -2.52. The molecule has 1 N–H and O–H groups in total. The Bertz CT molecular complexity index is 1150. The van der Waals surface area contributed by atoms with Gasteiger partial charge < -0.3 is 9.32 Å². The van der Waals surface area contributed by atoms with E-state index in [0.29, 0.717) is 24.3 Å². The zero-order valence-electron chi connectivity index (χ0n) is 15.6. The quantitative estimate of drug-likeness (QED) is 0.678. The molecule has 3 amide bonds. The summed E-state index contributed by atoms with van der Waals surface area (Å²) in [6.45, 7) is 0.326. The molecule has 1 aromatic carbocycles. The summed E-state index contributed by atoms with van der Waals surface area (Å²) in [6, 6.07) is 4.95. The summed E-state index contributed by atoms with van der Waals surface area (Å²) in [7, 11) is 1.82. The third-order valence-electron chi connectivity index (χ3n) is 5.44. The monoisotopic (exact) mass is 391 g/mol. The van der Waals surface area contributed by atoms with Crippen LogP contribution in [0.1, 0.15) is 28.8 Å². The number of amides is 3. The number of imide groups is 1. The van der Waals surface area contributed by atoms with E-state index in [1.807, 2.05) is 19.2 Å². The fourth-order valence-electron chi connectivity index (χ4n) is 4.02. The van der Waals surface area contributed by atoms with Crippen molar-refractivity contribution in [2.75, 3.05) is 0 Å². The van der Waals surface area contributed by atoms with E-state index in [4.69, 9.17) is 4.42 Å². The number of piperidine rings is 1. The molecule has 9 heteroatoms. The van der Waals surface area contributed by atoms with Gasteiger partial charge in [0.2, 0.25) is 11.8 Å². The van der Waals surface area contributed by atoms with Crippen LogP contribution in [-0.2, 0) is 23.2 Å². The predicted octanol–water partition coefficient (Wildman–Crippen LogP) is 1.50. The van der Waals surface area contributed by atoms with E-state index in [2.05, 4.69) is 15.4 Å². The summed E-state index contributed by atoms with van der Waals surface area (Å²) in [5, 5.41) is 6.65. The largest absolute Gasteiger partial charge is 0.442 e. The van der Waals surface area contributed by atoms with Crippen molar-refractivity contribution in [1.29, 1.82) is 0 Å². The van der Waals surface area contributed by atoms with Gasteiger partial charge in [-0.2, -0.15) is 5.10 Å². The van der Waals surface area contributed by atoms with Gasteiger partial charge in [0.15, 0.2) is 12.2 Å². The molecule has 0 bridgehead atoms. The van der Waals surface area contributed by atoms with Crippen LogP contribution in [0, 0.1) is 0 Å². The summed E-state index contributed by atoms with van der Waals surface area (Å²) in [5.41, 5.74) is 3.95. The summed E-state index contributed by atoms with van der Waals surface area (Å²) < 4.78 is 7.15. The second-order valence-corrected chi connectivity index (χ2v) is 7.17. The van der Waals surface area contributed by atoms with E-state index in [0.717, 1.165) is 22.4 Å². The van der Waals surface area contributed by atoms with Gasteiger partial charge in [0.25, 0.3) is 5.91 Å². The molecule has 1 saturated heterocycles. The van der Waals surface area contributed by atoms with Crippen LogP contribution < -0.4 is 5.32 Å². The minimum Gasteiger partial charge on any atom is -0.442 e. The highest BCUT2D eigenvalue weighted by Crippen LogP contribution is 2.35. The maximum atomic E-state index is 12.8. The fourth-order valence-corrected chi connectivity index (χ4v) is 4.02. The third kappa shape index (κ3) is 2.74. The highest BCUT2D eigenvalue weighted by Gasteiger charge is 2.39. The molecule has 4 heterocycles. The summed E-state index contributed by atoms with van der Waals surface area (Å²) in [5.74, 6) is -0.304. The van der Waals surface area contributed by atoms with Crippen molar-refractivity contribution in [3.63, 3.8) is 0 Å². The second kappa shape index (κ2) is 6.40. The number of carbonyl (C=O) groups excluding carboxylic acids is 3. The van der Waals surface area contributed by atoms with Crippen LogP contribution in [0.25, 0.3) is 22.6 Å². The van der Waals surface area contributed by atoms with E-state index in [-0.39, 0.29) is 18.2 Å². The Morgan fingerprint density at radius 3 is 2.79 bits per heavy atom. The number of fused-ring (bicyclic) bond motifs is 1. The van der Waals surface area contributed by atoms with Gasteiger partial charge in [-0.1, -0.05) is 6.07 Å². The van der Waals surface area contributed by atoms with Crippen LogP contribution >= 0.6 is 0 Å². The highest BCUT2D eigenvalue weighted by atomic mass is 16.3. The minimum absolute atomic E-state index is 0.192. The van der Waals surface area contributed by atoms with Crippen molar-refractivity contribution in [3.8, 4) is 22.6 Å². The molecule has 9 nitrogen and oxygen atoms in total. The molecule has 2 aromatic heterocycles. The van der Waals surface area contributed by atoms with Crippen molar-refractivity contribution >= 4 is 17.7 Å². The Labute approximate surface area is 165 Å². The van der Waals surface area contributed by atoms with Gasteiger partial charge in [0, 0.05) is 31.1 Å². The first-order valence-electron chi connectivity index (χ1n) is 9.22. The number of aryl methyl sites for hydroxylation is 1. The minimum atomic E-state index is -0.626. The zero-order valence-corrected chi connectivity index (χ0v) is 15.6. The Morgan fingerprint density at radius 2 is 2.03 bits per heavy atom. The Hall–Kier alpha value is -3.75. The first-order chi connectivity index (χ1) is 14.0. The average Bonchev–Trinajstić information content (AvgIpc) is 3.41. The first kappa shape index (κ1) is 17.4. The molecule has 0 saturated carbocycles. The van der Waals surface area contributed by atoms with Gasteiger partial charge in [-0.3, -0.25) is 24.4 Å². The molecule has 146 valence electrons. The van der Waals surface area contributed by atoms with Gasteiger partial charge in [-0.15, -0.1) is 0 Å². The third-order valence-corrected chi connectivity index (χ3v) is 5.44. The number of carbonyl (C=O) groups is 3. The molecule has 2 aliphatic heterocycles. The van der Waals surface area contributed by atoms with Crippen LogP contribution in [0.2, 0.25) is 0 Å². The first-order valence-corrected chi connectivity index (χ1v) is 9.22. The average molecular weight is 391 g/mol. The summed E-state index contributed by atoms with van der Waals surface area (Å²) in [4.78, 5) is 42.0. The molecule has 1 atom stereocenters.